The average molecular weight is 230 g/mol. The second-order valence-electron chi connectivity index (χ2n) is 4.42. The summed E-state index contributed by atoms with van der Waals surface area (Å²) in [5.41, 5.74) is 6.84. The lowest BCUT2D eigenvalue weighted by Gasteiger charge is -2.15. The van der Waals surface area contributed by atoms with Gasteiger partial charge in [0.15, 0.2) is 0 Å². The van der Waals surface area contributed by atoms with Gasteiger partial charge in [0, 0.05) is 24.1 Å². The summed E-state index contributed by atoms with van der Waals surface area (Å²) in [6.45, 7) is 12.4. The lowest BCUT2D eigenvalue weighted by Crippen LogP contribution is -2.09. The Bertz CT molecular complexity index is 456. The lowest BCUT2D eigenvalue weighted by molar-refractivity contribution is 0.961. The summed E-state index contributed by atoms with van der Waals surface area (Å²) >= 11 is 0. The molecule has 0 amide bonds. The molecule has 1 aromatic carbocycles. The van der Waals surface area contributed by atoms with Crippen molar-refractivity contribution in [2.45, 2.75) is 27.7 Å². The Morgan fingerprint density at radius 3 is 2.35 bits per heavy atom. The molecule has 0 radical (unpaired) electrons. The minimum atomic E-state index is 0.934. The lowest BCUT2D eigenvalue weighted by atomic mass is 10.1. The quantitative estimate of drug-likeness (QED) is 0.770. The zero-order chi connectivity index (χ0) is 13.0. The first kappa shape index (κ1) is 13.4. The van der Waals surface area contributed by atoms with Crippen LogP contribution in [0, 0.1) is 13.8 Å². The Kier molecular flexibility index (Phi) is 4.38. The van der Waals surface area contributed by atoms with Gasteiger partial charge in [-0.3, -0.25) is 0 Å². The second kappa shape index (κ2) is 5.58. The van der Waals surface area contributed by atoms with Crippen LogP contribution in [0.2, 0.25) is 0 Å². The Morgan fingerprint density at radius 1 is 1.18 bits per heavy atom. The van der Waals surface area contributed by atoms with E-state index in [1.807, 2.05) is 14.0 Å². The molecule has 0 unspecified atom stereocenters. The monoisotopic (exact) mass is 230 g/mol. The van der Waals surface area contributed by atoms with Gasteiger partial charge in [-0.1, -0.05) is 24.3 Å². The van der Waals surface area contributed by atoms with Crippen molar-refractivity contribution in [2.75, 3.05) is 12.4 Å². The molecule has 0 aromatic heterocycles. The van der Waals surface area contributed by atoms with E-state index in [0.29, 0.717) is 0 Å². The van der Waals surface area contributed by atoms with Gasteiger partial charge >= 0.3 is 0 Å². The topological polar surface area (TPSA) is 24.1 Å². The minimum absolute atomic E-state index is 0.934. The van der Waals surface area contributed by atoms with Crippen LogP contribution in [0.4, 0.5) is 5.69 Å². The number of hydrogen-bond donors (Lipinski definition) is 2. The van der Waals surface area contributed by atoms with E-state index < -0.39 is 0 Å². The number of hydrogen-bond acceptors (Lipinski definition) is 2. The Balaban J connectivity index is 2.89. The molecule has 0 saturated carbocycles. The summed E-state index contributed by atoms with van der Waals surface area (Å²) in [5.74, 6) is 0. The van der Waals surface area contributed by atoms with E-state index in [4.69, 9.17) is 0 Å². The van der Waals surface area contributed by atoms with Crippen LogP contribution < -0.4 is 10.6 Å². The molecular weight excluding hydrogens is 208 g/mol. The summed E-state index contributed by atoms with van der Waals surface area (Å²) < 4.78 is 0. The van der Waals surface area contributed by atoms with Crippen LogP contribution in [0.25, 0.3) is 0 Å². The molecule has 2 N–H and O–H groups in total. The van der Waals surface area contributed by atoms with Crippen molar-refractivity contribution in [3.05, 3.63) is 52.9 Å². The molecule has 0 spiro atoms. The average Bonchev–Trinajstić information content (AvgIpc) is 2.30. The molecule has 17 heavy (non-hydrogen) atoms. The summed E-state index contributed by atoms with van der Waals surface area (Å²) in [7, 11) is 1.92. The zero-order valence-corrected chi connectivity index (χ0v) is 11.4. The molecule has 0 bridgehead atoms. The van der Waals surface area contributed by atoms with E-state index >= 15 is 0 Å². The summed E-state index contributed by atoms with van der Waals surface area (Å²) in [6, 6.07) is 6.37. The Morgan fingerprint density at radius 2 is 1.82 bits per heavy atom. The number of aryl methyl sites for hydroxylation is 2. The maximum Gasteiger partial charge on any atom is 0.0414 e. The van der Waals surface area contributed by atoms with Crippen LogP contribution in [-0.2, 0) is 0 Å². The molecule has 1 rings (SSSR count). The first-order valence-corrected chi connectivity index (χ1v) is 5.84. The first-order valence-electron chi connectivity index (χ1n) is 5.84. The Labute approximate surface area is 104 Å². The molecule has 0 aliphatic rings. The normalized spacial score (nSPS) is 11.8. The van der Waals surface area contributed by atoms with E-state index in [0.717, 1.165) is 22.7 Å². The maximum atomic E-state index is 4.07. The van der Waals surface area contributed by atoms with Crippen molar-refractivity contribution in [3.8, 4) is 0 Å². The van der Waals surface area contributed by atoms with Crippen LogP contribution in [0.1, 0.15) is 25.0 Å². The summed E-state index contributed by atoms with van der Waals surface area (Å²) in [4.78, 5) is 0. The molecule has 2 nitrogen and oxygen atoms in total. The molecule has 2 heteroatoms. The molecular formula is C15H22N2. The van der Waals surface area contributed by atoms with Gasteiger partial charge in [-0.15, -0.1) is 0 Å². The number of anilines is 1. The van der Waals surface area contributed by atoms with E-state index in [1.165, 1.54) is 11.1 Å². The highest BCUT2D eigenvalue weighted by molar-refractivity contribution is 5.58. The van der Waals surface area contributed by atoms with Crippen molar-refractivity contribution in [1.29, 1.82) is 0 Å². The zero-order valence-electron chi connectivity index (χ0n) is 11.4. The Hall–Kier alpha value is -1.70. The third-order valence-corrected chi connectivity index (χ3v) is 3.06. The molecule has 0 aliphatic carbocycles. The fraction of sp³-hybridized carbons (Fsp3) is 0.333. The van der Waals surface area contributed by atoms with Gasteiger partial charge in [0.05, 0.1) is 0 Å². The predicted molar refractivity (Wildman–Crippen MR) is 76.1 cm³/mol. The number of benzene rings is 1. The maximum absolute atomic E-state index is 4.07. The fourth-order valence-corrected chi connectivity index (χ4v) is 1.62. The molecule has 0 saturated heterocycles. The van der Waals surface area contributed by atoms with E-state index in [9.17, 15) is 0 Å². The molecule has 92 valence electrons. The van der Waals surface area contributed by atoms with Gasteiger partial charge in [-0.2, -0.15) is 0 Å². The van der Waals surface area contributed by atoms with Crippen molar-refractivity contribution in [2.24, 2.45) is 0 Å². The third kappa shape index (κ3) is 3.38. The molecule has 0 atom stereocenters. The van der Waals surface area contributed by atoms with Crippen molar-refractivity contribution in [3.63, 3.8) is 0 Å². The highest BCUT2D eigenvalue weighted by atomic mass is 14.9. The molecule has 0 fully saturated rings. The van der Waals surface area contributed by atoms with Gasteiger partial charge < -0.3 is 10.6 Å². The first-order chi connectivity index (χ1) is 7.95. The SMILES string of the molecule is C=C(Nc1ccc(C)cc1C)/C(C)=C(/C)NC. The third-order valence-electron chi connectivity index (χ3n) is 3.06. The minimum Gasteiger partial charge on any atom is -0.391 e. The smallest absolute Gasteiger partial charge is 0.0414 e. The number of rotatable bonds is 4. The van der Waals surface area contributed by atoms with Crippen molar-refractivity contribution >= 4 is 5.69 Å². The number of allylic oxidation sites excluding steroid dienone is 2. The van der Waals surface area contributed by atoms with Crippen LogP contribution >= 0.6 is 0 Å². The van der Waals surface area contributed by atoms with Gasteiger partial charge in [0.1, 0.15) is 0 Å². The van der Waals surface area contributed by atoms with E-state index in [-0.39, 0.29) is 0 Å². The van der Waals surface area contributed by atoms with Gasteiger partial charge in [0.2, 0.25) is 0 Å². The predicted octanol–water partition coefficient (Wildman–Crippen LogP) is 3.74. The largest absolute Gasteiger partial charge is 0.391 e. The van der Waals surface area contributed by atoms with E-state index in [2.05, 4.69) is 56.2 Å². The van der Waals surface area contributed by atoms with Crippen LogP contribution in [0.3, 0.4) is 0 Å². The van der Waals surface area contributed by atoms with Crippen molar-refractivity contribution < 1.29 is 0 Å². The van der Waals surface area contributed by atoms with Crippen LogP contribution in [0.5, 0.6) is 0 Å². The number of nitrogens with one attached hydrogen (secondary N) is 2. The molecule has 0 aliphatic heterocycles. The standard InChI is InChI=1S/C15H22N2/c1-10-7-8-15(11(2)9-10)17-14(5)12(3)13(4)16-6/h7-9,16-17H,5H2,1-4,6H3/b13-12-. The second-order valence-corrected chi connectivity index (χ2v) is 4.42. The van der Waals surface area contributed by atoms with Crippen LogP contribution in [0.15, 0.2) is 41.7 Å². The van der Waals surface area contributed by atoms with Crippen molar-refractivity contribution in [1.82, 2.24) is 5.32 Å². The highest BCUT2D eigenvalue weighted by Crippen LogP contribution is 2.20. The van der Waals surface area contributed by atoms with Gasteiger partial charge in [0.25, 0.3) is 0 Å². The van der Waals surface area contributed by atoms with Crippen LogP contribution in [-0.4, -0.2) is 7.05 Å². The summed E-state index contributed by atoms with van der Waals surface area (Å²) in [6.07, 6.45) is 0. The van der Waals surface area contributed by atoms with Gasteiger partial charge in [-0.25, -0.2) is 0 Å². The fourth-order valence-electron chi connectivity index (χ4n) is 1.62. The molecule has 1 aromatic rings. The molecule has 0 heterocycles. The van der Waals surface area contributed by atoms with E-state index in [1.54, 1.807) is 0 Å². The van der Waals surface area contributed by atoms with Gasteiger partial charge in [-0.05, 0) is 44.9 Å². The highest BCUT2D eigenvalue weighted by Gasteiger charge is 2.03. The summed E-state index contributed by atoms with van der Waals surface area (Å²) in [5, 5.41) is 6.49.